The molecule has 5 nitrogen and oxygen atoms in total. The first-order valence-corrected chi connectivity index (χ1v) is 15.9. The molecule has 0 saturated carbocycles. The van der Waals surface area contributed by atoms with Crippen LogP contribution in [0.1, 0.15) is 0 Å². The van der Waals surface area contributed by atoms with Crippen molar-refractivity contribution in [3.8, 4) is 56.7 Å². The topological polar surface area (TPSA) is 64.7 Å². The molecule has 0 N–H and O–H groups in total. The zero-order chi connectivity index (χ0) is 30.5. The van der Waals surface area contributed by atoms with Crippen molar-refractivity contribution < 1.29 is 4.42 Å². The largest absolute Gasteiger partial charge is 0.436 e. The van der Waals surface area contributed by atoms with E-state index in [9.17, 15) is 0 Å². The van der Waals surface area contributed by atoms with E-state index in [1.807, 2.05) is 91.0 Å². The third-order valence-corrected chi connectivity index (χ3v) is 9.38. The summed E-state index contributed by atoms with van der Waals surface area (Å²) in [5.74, 6) is 2.54. The number of nitrogens with zero attached hydrogens (tertiary/aromatic N) is 4. The van der Waals surface area contributed by atoms with Crippen LogP contribution in [0, 0.1) is 0 Å². The average Bonchev–Trinajstić information content (AvgIpc) is 3.74. The Hall–Kier alpha value is -5.98. The zero-order valence-corrected chi connectivity index (χ0v) is 25.3. The molecule has 46 heavy (non-hydrogen) atoms. The summed E-state index contributed by atoms with van der Waals surface area (Å²) < 4.78 is 8.82. The lowest BCUT2D eigenvalue weighted by molar-refractivity contribution is 0.620. The third kappa shape index (κ3) is 4.55. The second kappa shape index (κ2) is 10.9. The first kappa shape index (κ1) is 26.4. The monoisotopic (exact) mass is 608 g/mol. The number of benzene rings is 6. The Bertz CT molecular complexity index is 2450. The standard InChI is InChI=1S/C40H24N4OS/c1-4-12-26(13-5-1)37-42-38(27-14-6-2-7-15-27)44-39(43-37)28-22-20-25(21-23-28)31-24-32-35(41-40(45-32)29-16-8-3-9-17-29)34-30-18-10-11-19-33(30)46-36(31)34/h1-24H. The fourth-order valence-corrected chi connectivity index (χ4v) is 7.17. The van der Waals surface area contributed by atoms with Gasteiger partial charge in [-0.25, -0.2) is 19.9 Å². The smallest absolute Gasteiger partial charge is 0.227 e. The van der Waals surface area contributed by atoms with Gasteiger partial charge in [0.15, 0.2) is 23.1 Å². The highest BCUT2D eigenvalue weighted by atomic mass is 32.1. The molecule has 0 atom stereocenters. The highest BCUT2D eigenvalue weighted by Gasteiger charge is 2.20. The lowest BCUT2D eigenvalue weighted by Gasteiger charge is -2.09. The molecule has 3 aromatic heterocycles. The Labute approximate surface area is 268 Å². The molecule has 0 aliphatic rings. The minimum Gasteiger partial charge on any atom is -0.436 e. The molecule has 0 unspecified atom stereocenters. The summed E-state index contributed by atoms with van der Waals surface area (Å²) in [5.41, 5.74) is 7.62. The van der Waals surface area contributed by atoms with Crippen LogP contribution in [0.2, 0.25) is 0 Å². The van der Waals surface area contributed by atoms with Crippen molar-refractivity contribution >= 4 is 42.6 Å². The minimum atomic E-state index is 0.623. The first-order chi connectivity index (χ1) is 22.8. The maximum absolute atomic E-state index is 6.41. The van der Waals surface area contributed by atoms with E-state index in [0.29, 0.717) is 23.4 Å². The fraction of sp³-hybridized carbons (Fsp3) is 0. The summed E-state index contributed by atoms with van der Waals surface area (Å²) in [6.07, 6.45) is 0. The molecule has 0 saturated heterocycles. The molecule has 0 aliphatic carbocycles. The molecular formula is C40H24N4OS. The van der Waals surface area contributed by atoms with Crippen molar-refractivity contribution in [3.63, 3.8) is 0 Å². The van der Waals surface area contributed by atoms with Gasteiger partial charge >= 0.3 is 0 Å². The van der Waals surface area contributed by atoms with Crippen molar-refractivity contribution in [1.29, 1.82) is 0 Å². The minimum absolute atomic E-state index is 0.623. The van der Waals surface area contributed by atoms with Crippen LogP contribution in [0.4, 0.5) is 0 Å². The quantitative estimate of drug-likeness (QED) is 0.194. The van der Waals surface area contributed by atoms with Crippen LogP contribution < -0.4 is 0 Å². The van der Waals surface area contributed by atoms with Crippen LogP contribution in [0.3, 0.4) is 0 Å². The van der Waals surface area contributed by atoms with E-state index in [2.05, 4.69) is 54.6 Å². The number of hydrogen-bond donors (Lipinski definition) is 0. The van der Waals surface area contributed by atoms with Crippen LogP contribution in [-0.2, 0) is 0 Å². The second-order valence-electron chi connectivity index (χ2n) is 11.1. The molecule has 0 aliphatic heterocycles. The first-order valence-electron chi connectivity index (χ1n) is 15.1. The maximum atomic E-state index is 6.41. The average molecular weight is 609 g/mol. The number of hydrogen-bond acceptors (Lipinski definition) is 6. The Morgan fingerprint density at radius 2 is 0.957 bits per heavy atom. The molecular weight excluding hydrogens is 585 g/mol. The predicted octanol–water partition coefficient (Wildman–Crippen LogP) is 10.7. The van der Waals surface area contributed by atoms with E-state index in [1.165, 1.54) is 14.8 Å². The van der Waals surface area contributed by atoms with Crippen molar-refractivity contribution in [1.82, 2.24) is 19.9 Å². The fourth-order valence-electron chi connectivity index (χ4n) is 5.93. The molecule has 0 radical (unpaired) electrons. The normalized spacial score (nSPS) is 11.5. The summed E-state index contributed by atoms with van der Waals surface area (Å²) in [5, 5.41) is 2.31. The number of rotatable bonds is 5. The molecule has 6 aromatic carbocycles. The van der Waals surface area contributed by atoms with Gasteiger partial charge in [0.2, 0.25) is 5.89 Å². The van der Waals surface area contributed by atoms with Gasteiger partial charge in [0.1, 0.15) is 5.52 Å². The summed E-state index contributed by atoms with van der Waals surface area (Å²) in [4.78, 5) is 19.7. The molecule has 0 fully saturated rings. The predicted molar refractivity (Wildman–Crippen MR) is 187 cm³/mol. The highest BCUT2D eigenvalue weighted by Crippen LogP contribution is 2.45. The molecule has 0 bridgehead atoms. The Balaban J connectivity index is 1.19. The SMILES string of the molecule is c1ccc(-c2nc(-c3ccccc3)nc(-c3ccc(-c4cc5oc(-c6ccccc6)nc5c5c4sc4ccccc45)cc3)n2)cc1. The van der Waals surface area contributed by atoms with E-state index in [-0.39, 0.29) is 0 Å². The maximum Gasteiger partial charge on any atom is 0.227 e. The van der Waals surface area contributed by atoms with Gasteiger partial charge in [-0.2, -0.15) is 0 Å². The van der Waals surface area contributed by atoms with E-state index in [1.54, 1.807) is 11.3 Å². The Kier molecular flexibility index (Phi) is 6.25. The third-order valence-electron chi connectivity index (χ3n) is 8.18. The highest BCUT2D eigenvalue weighted by molar-refractivity contribution is 7.26. The van der Waals surface area contributed by atoms with E-state index < -0.39 is 0 Å². The summed E-state index contributed by atoms with van der Waals surface area (Å²) >= 11 is 1.79. The number of thiophene rings is 1. The van der Waals surface area contributed by atoms with E-state index in [0.717, 1.165) is 49.9 Å². The van der Waals surface area contributed by atoms with Gasteiger partial charge < -0.3 is 4.42 Å². The van der Waals surface area contributed by atoms with Gasteiger partial charge in [0.05, 0.1) is 0 Å². The number of fused-ring (bicyclic) bond motifs is 5. The van der Waals surface area contributed by atoms with Crippen LogP contribution in [0.15, 0.2) is 150 Å². The van der Waals surface area contributed by atoms with Crippen LogP contribution in [0.25, 0.3) is 88.0 Å². The Morgan fingerprint density at radius 1 is 0.457 bits per heavy atom. The van der Waals surface area contributed by atoms with Gasteiger partial charge in [-0.3, -0.25) is 0 Å². The van der Waals surface area contributed by atoms with E-state index in [4.69, 9.17) is 24.4 Å². The number of aromatic nitrogens is 4. The van der Waals surface area contributed by atoms with Crippen LogP contribution in [-0.4, -0.2) is 19.9 Å². The van der Waals surface area contributed by atoms with Crippen LogP contribution in [0.5, 0.6) is 0 Å². The van der Waals surface area contributed by atoms with Gasteiger partial charge in [0.25, 0.3) is 0 Å². The molecule has 0 spiro atoms. The molecule has 6 heteroatoms. The van der Waals surface area contributed by atoms with Gasteiger partial charge in [0, 0.05) is 48.0 Å². The molecule has 216 valence electrons. The summed E-state index contributed by atoms with van der Waals surface area (Å²) in [6.45, 7) is 0. The summed E-state index contributed by atoms with van der Waals surface area (Å²) in [7, 11) is 0. The second-order valence-corrected chi connectivity index (χ2v) is 12.1. The van der Waals surface area contributed by atoms with Crippen molar-refractivity contribution in [3.05, 3.63) is 146 Å². The van der Waals surface area contributed by atoms with Crippen LogP contribution >= 0.6 is 11.3 Å². The van der Waals surface area contributed by atoms with Crippen molar-refractivity contribution in [2.24, 2.45) is 0 Å². The number of oxazole rings is 1. The van der Waals surface area contributed by atoms with Gasteiger partial charge in [-0.1, -0.05) is 121 Å². The van der Waals surface area contributed by atoms with Gasteiger partial charge in [-0.05, 0) is 29.8 Å². The summed E-state index contributed by atoms with van der Waals surface area (Å²) in [6, 6.07) is 49.3. The van der Waals surface area contributed by atoms with Crippen molar-refractivity contribution in [2.45, 2.75) is 0 Å². The lowest BCUT2D eigenvalue weighted by atomic mass is 10.00. The van der Waals surface area contributed by atoms with E-state index >= 15 is 0 Å². The zero-order valence-electron chi connectivity index (χ0n) is 24.5. The molecule has 9 rings (SSSR count). The molecule has 9 aromatic rings. The molecule has 0 amide bonds. The Morgan fingerprint density at radius 3 is 1.57 bits per heavy atom. The van der Waals surface area contributed by atoms with Gasteiger partial charge in [-0.15, -0.1) is 11.3 Å². The lowest BCUT2D eigenvalue weighted by Crippen LogP contribution is -2.00. The van der Waals surface area contributed by atoms with Crippen molar-refractivity contribution in [2.75, 3.05) is 0 Å². The molecule has 3 heterocycles.